The Morgan fingerprint density at radius 1 is 1.10 bits per heavy atom. The van der Waals surface area contributed by atoms with Gasteiger partial charge >= 0.3 is 0 Å². The minimum absolute atomic E-state index is 0.337. The van der Waals surface area contributed by atoms with Crippen molar-refractivity contribution in [3.63, 3.8) is 0 Å². The van der Waals surface area contributed by atoms with E-state index < -0.39 is 0 Å². The van der Waals surface area contributed by atoms with E-state index in [1.165, 1.54) is 6.07 Å². The van der Waals surface area contributed by atoms with E-state index in [1.807, 2.05) is 0 Å². The number of aromatic nitrogens is 2. The molecule has 0 aliphatic rings. The Balaban J connectivity index is 2.19. The molecule has 0 spiro atoms. The van der Waals surface area contributed by atoms with Crippen molar-refractivity contribution in [2.45, 2.75) is 0 Å². The highest BCUT2D eigenvalue weighted by molar-refractivity contribution is 9.10. The molecule has 1 aromatic heterocycles. The van der Waals surface area contributed by atoms with Crippen molar-refractivity contribution in [3.05, 3.63) is 40.6 Å². The van der Waals surface area contributed by atoms with Gasteiger partial charge in [-0.1, -0.05) is 15.9 Å². The predicted octanol–water partition coefficient (Wildman–Crippen LogP) is 4.15. The zero-order chi connectivity index (χ0) is 15.0. The Labute approximate surface area is 129 Å². The van der Waals surface area contributed by atoms with Gasteiger partial charge in [-0.25, -0.2) is 9.37 Å². The van der Waals surface area contributed by atoms with Gasteiger partial charge in [-0.3, -0.25) is 0 Å². The SMILES string of the molecule is COc1cc2nc(-c3cc(Br)ccc3F)[nH]c2cc1OC. The second-order valence-electron chi connectivity index (χ2n) is 4.43. The van der Waals surface area contributed by atoms with E-state index in [1.54, 1.807) is 38.5 Å². The number of benzene rings is 2. The molecule has 0 atom stereocenters. The number of hydrogen-bond donors (Lipinski definition) is 1. The van der Waals surface area contributed by atoms with Crippen LogP contribution < -0.4 is 9.47 Å². The maximum absolute atomic E-state index is 13.9. The van der Waals surface area contributed by atoms with E-state index in [2.05, 4.69) is 25.9 Å². The van der Waals surface area contributed by atoms with Crippen molar-refractivity contribution in [2.75, 3.05) is 14.2 Å². The third kappa shape index (κ3) is 2.47. The third-order valence-electron chi connectivity index (χ3n) is 3.17. The van der Waals surface area contributed by atoms with Crippen molar-refractivity contribution < 1.29 is 13.9 Å². The second kappa shape index (κ2) is 5.37. The molecule has 4 nitrogen and oxygen atoms in total. The average molecular weight is 351 g/mol. The number of ether oxygens (including phenoxy) is 2. The molecule has 3 aromatic rings. The van der Waals surface area contributed by atoms with Gasteiger partial charge in [0.2, 0.25) is 0 Å². The number of hydrogen-bond acceptors (Lipinski definition) is 3. The number of nitrogens with zero attached hydrogens (tertiary/aromatic N) is 1. The molecule has 2 aromatic carbocycles. The first-order valence-corrected chi connectivity index (χ1v) is 6.99. The van der Waals surface area contributed by atoms with Gasteiger partial charge < -0.3 is 14.5 Å². The highest BCUT2D eigenvalue weighted by Crippen LogP contribution is 2.33. The molecule has 3 rings (SSSR count). The molecule has 108 valence electrons. The fourth-order valence-electron chi connectivity index (χ4n) is 2.14. The van der Waals surface area contributed by atoms with E-state index in [9.17, 15) is 4.39 Å². The van der Waals surface area contributed by atoms with Gasteiger partial charge in [0, 0.05) is 16.6 Å². The summed E-state index contributed by atoms with van der Waals surface area (Å²) in [7, 11) is 3.13. The van der Waals surface area contributed by atoms with Crippen LogP contribution in [0.1, 0.15) is 0 Å². The zero-order valence-corrected chi connectivity index (χ0v) is 13.0. The molecular weight excluding hydrogens is 339 g/mol. The number of nitrogens with one attached hydrogen (secondary N) is 1. The Morgan fingerprint density at radius 2 is 1.81 bits per heavy atom. The maximum Gasteiger partial charge on any atom is 0.163 e. The van der Waals surface area contributed by atoms with Gasteiger partial charge in [0.05, 0.1) is 30.8 Å². The van der Waals surface area contributed by atoms with E-state index in [0.717, 1.165) is 9.99 Å². The van der Waals surface area contributed by atoms with E-state index in [4.69, 9.17) is 9.47 Å². The van der Waals surface area contributed by atoms with E-state index >= 15 is 0 Å². The van der Waals surface area contributed by atoms with Crippen LogP contribution in [-0.2, 0) is 0 Å². The lowest BCUT2D eigenvalue weighted by molar-refractivity contribution is 0.356. The Hall–Kier alpha value is -2.08. The summed E-state index contributed by atoms with van der Waals surface area (Å²) in [5.41, 5.74) is 1.84. The van der Waals surface area contributed by atoms with Crippen LogP contribution in [0.5, 0.6) is 11.5 Å². The molecule has 1 N–H and O–H groups in total. The molecule has 0 amide bonds. The molecule has 6 heteroatoms. The molecule has 0 fully saturated rings. The molecule has 0 saturated heterocycles. The summed E-state index contributed by atoms with van der Waals surface area (Å²) in [6.45, 7) is 0. The molecule has 1 heterocycles. The number of H-pyrrole nitrogens is 1. The third-order valence-corrected chi connectivity index (χ3v) is 3.66. The standard InChI is InChI=1S/C15H12BrFN2O2/c1-20-13-6-11-12(7-14(13)21-2)19-15(18-11)9-5-8(16)3-4-10(9)17/h3-7H,1-2H3,(H,18,19). The van der Waals surface area contributed by atoms with Crippen LogP contribution in [-0.4, -0.2) is 24.2 Å². The number of methoxy groups -OCH3 is 2. The predicted molar refractivity (Wildman–Crippen MR) is 82.3 cm³/mol. The lowest BCUT2D eigenvalue weighted by Gasteiger charge is -2.06. The first-order valence-electron chi connectivity index (χ1n) is 6.19. The Bertz CT molecular complexity index is 776. The molecule has 0 bridgehead atoms. The molecule has 0 aliphatic heterocycles. The topological polar surface area (TPSA) is 47.1 Å². The summed E-state index contributed by atoms with van der Waals surface area (Å²) < 4.78 is 25.2. The van der Waals surface area contributed by atoms with Crippen LogP contribution in [0.3, 0.4) is 0 Å². The highest BCUT2D eigenvalue weighted by Gasteiger charge is 2.13. The summed E-state index contributed by atoms with van der Waals surface area (Å²) in [5, 5.41) is 0. The van der Waals surface area contributed by atoms with Crippen LogP contribution in [0.2, 0.25) is 0 Å². The number of aromatic amines is 1. The summed E-state index contributed by atoms with van der Waals surface area (Å²) in [4.78, 5) is 7.52. The minimum Gasteiger partial charge on any atom is -0.493 e. The molecule has 0 radical (unpaired) electrons. The fourth-order valence-corrected chi connectivity index (χ4v) is 2.50. The first-order chi connectivity index (χ1) is 10.1. The molecule has 0 unspecified atom stereocenters. The smallest absolute Gasteiger partial charge is 0.163 e. The quantitative estimate of drug-likeness (QED) is 0.771. The summed E-state index contributed by atoms with van der Waals surface area (Å²) in [6.07, 6.45) is 0. The van der Waals surface area contributed by atoms with E-state index in [-0.39, 0.29) is 5.82 Å². The monoisotopic (exact) mass is 350 g/mol. The summed E-state index contributed by atoms with van der Waals surface area (Å²) in [6, 6.07) is 8.26. The van der Waals surface area contributed by atoms with Crippen LogP contribution in [0, 0.1) is 5.82 Å². The summed E-state index contributed by atoms with van der Waals surface area (Å²) in [5.74, 6) is 1.29. The first kappa shape index (κ1) is 13.9. The normalized spacial score (nSPS) is 10.9. The minimum atomic E-state index is -0.337. The molecular formula is C15H12BrFN2O2. The zero-order valence-electron chi connectivity index (χ0n) is 11.4. The van der Waals surface area contributed by atoms with Gasteiger partial charge in [-0.15, -0.1) is 0 Å². The van der Waals surface area contributed by atoms with Crippen molar-refractivity contribution >= 4 is 27.0 Å². The largest absolute Gasteiger partial charge is 0.493 e. The van der Waals surface area contributed by atoms with Crippen LogP contribution in [0.25, 0.3) is 22.4 Å². The fraction of sp³-hybridized carbons (Fsp3) is 0.133. The van der Waals surface area contributed by atoms with Gasteiger partial charge in [-0.05, 0) is 18.2 Å². The van der Waals surface area contributed by atoms with Gasteiger partial charge in [0.15, 0.2) is 11.5 Å². The van der Waals surface area contributed by atoms with Crippen molar-refractivity contribution in [3.8, 4) is 22.9 Å². The Kier molecular flexibility index (Phi) is 3.55. The number of halogens is 2. The van der Waals surface area contributed by atoms with Crippen molar-refractivity contribution in [1.29, 1.82) is 0 Å². The van der Waals surface area contributed by atoms with Gasteiger partial charge in [-0.2, -0.15) is 0 Å². The maximum atomic E-state index is 13.9. The summed E-state index contributed by atoms with van der Waals surface area (Å²) >= 11 is 3.33. The highest BCUT2D eigenvalue weighted by atomic mass is 79.9. The lowest BCUT2D eigenvalue weighted by atomic mass is 10.2. The van der Waals surface area contributed by atoms with Crippen molar-refractivity contribution in [1.82, 2.24) is 9.97 Å². The number of fused-ring (bicyclic) bond motifs is 1. The molecule has 0 saturated carbocycles. The van der Waals surface area contributed by atoms with Crippen molar-refractivity contribution in [2.24, 2.45) is 0 Å². The lowest BCUT2D eigenvalue weighted by Crippen LogP contribution is -1.89. The average Bonchev–Trinajstić information content (AvgIpc) is 2.90. The number of rotatable bonds is 3. The van der Waals surface area contributed by atoms with Crippen LogP contribution in [0.4, 0.5) is 4.39 Å². The van der Waals surface area contributed by atoms with Crippen LogP contribution >= 0.6 is 15.9 Å². The number of imidazole rings is 1. The van der Waals surface area contributed by atoms with Gasteiger partial charge in [0.25, 0.3) is 0 Å². The molecule has 21 heavy (non-hydrogen) atoms. The van der Waals surface area contributed by atoms with Crippen LogP contribution in [0.15, 0.2) is 34.8 Å². The Morgan fingerprint density at radius 3 is 2.52 bits per heavy atom. The molecule has 0 aliphatic carbocycles. The van der Waals surface area contributed by atoms with E-state index in [0.29, 0.717) is 28.4 Å². The van der Waals surface area contributed by atoms with Gasteiger partial charge in [0.1, 0.15) is 11.6 Å². The second-order valence-corrected chi connectivity index (χ2v) is 5.35.